The van der Waals surface area contributed by atoms with E-state index in [1.54, 1.807) is 18.2 Å². The highest BCUT2D eigenvalue weighted by Gasteiger charge is 2.21. The van der Waals surface area contributed by atoms with E-state index >= 15 is 0 Å². The van der Waals surface area contributed by atoms with Gasteiger partial charge in [-0.05, 0) is 49.6 Å². The van der Waals surface area contributed by atoms with Gasteiger partial charge in [-0.1, -0.05) is 31.2 Å². The lowest BCUT2D eigenvalue weighted by molar-refractivity contribution is 0.331. The van der Waals surface area contributed by atoms with Crippen LogP contribution in [0.25, 0.3) is 0 Å². The summed E-state index contributed by atoms with van der Waals surface area (Å²) < 4.78 is 33.6. The molecule has 22 heavy (non-hydrogen) atoms. The Kier molecular flexibility index (Phi) is 5.08. The summed E-state index contributed by atoms with van der Waals surface area (Å²) in [6, 6.07) is 12.6. The van der Waals surface area contributed by atoms with Crippen molar-refractivity contribution in [3.05, 3.63) is 53.6 Å². The van der Waals surface area contributed by atoms with Crippen molar-refractivity contribution in [3.8, 4) is 5.75 Å². The largest absolute Gasteiger partial charge is 0.492 e. The molecule has 0 saturated heterocycles. The van der Waals surface area contributed by atoms with Crippen LogP contribution in [0, 0.1) is 6.92 Å². The Bertz CT molecular complexity index is 754. The highest BCUT2D eigenvalue weighted by atomic mass is 32.2. The Morgan fingerprint density at radius 3 is 2.50 bits per heavy atom. The molecule has 0 saturated carbocycles. The quantitative estimate of drug-likeness (QED) is 0.882. The first kappa shape index (κ1) is 16.4. The Balaban J connectivity index is 2.44. The molecule has 118 valence electrons. The number of para-hydroxylation sites is 1. The second-order valence-corrected chi connectivity index (χ2v) is 6.65. The van der Waals surface area contributed by atoms with Gasteiger partial charge in [0, 0.05) is 0 Å². The molecule has 0 aliphatic heterocycles. The molecule has 4 nitrogen and oxygen atoms in total. The number of benzene rings is 2. The van der Waals surface area contributed by atoms with Gasteiger partial charge in [0.25, 0.3) is 10.0 Å². The fraction of sp³-hybridized carbons (Fsp3) is 0.294. The maximum Gasteiger partial charge on any atom is 0.265 e. The summed E-state index contributed by atoms with van der Waals surface area (Å²) in [5.41, 5.74) is 2.43. The number of sulfonamides is 1. The second-order valence-electron chi connectivity index (χ2n) is 5.00. The average molecular weight is 319 g/mol. The van der Waals surface area contributed by atoms with Gasteiger partial charge in [-0.15, -0.1) is 0 Å². The standard InChI is InChI=1S/C17H21NO3S/c1-4-14-8-6-7-9-15(14)18-22(19,20)17-12-13(3)10-11-16(17)21-5-2/h6-12,18H,4-5H2,1-3H3. The Hall–Kier alpha value is -2.01. The molecule has 5 heteroatoms. The van der Waals surface area contributed by atoms with Crippen molar-refractivity contribution in [2.45, 2.75) is 32.1 Å². The second kappa shape index (κ2) is 6.83. The van der Waals surface area contributed by atoms with Crippen LogP contribution < -0.4 is 9.46 Å². The third-order valence-electron chi connectivity index (χ3n) is 3.33. The SMILES string of the molecule is CCOc1ccc(C)cc1S(=O)(=O)Nc1ccccc1CC. The number of ether oxygens (including phenoxy) is 1. The number of nitrogens with one attached hydrogen (secondary N) is 1. The molecule has 0 aromatic heterocycles. The van der Waals surface area contributed by atoms with Gasteiger partial charge in [-0.2, -0.15) is 0 Å². The molecule has 0 heterocycles. The molecule has 0 fully saturated rings. The van der Waals surface area contributed by atoms with Gasteiger partial charge >= 0.3 is 0 Å². The molecule has 0 atom stereocenters. The van der Waals surface area contributed by atoms with Crippen molar-refractivity contribution in [1.82, 2.24) is 0 Å². The maximum absolute atomic E-state index is 12.7. The summed E-state index contributed by atoms with van der Waals surface area (Å²) in [5.74, 6) is 0.370. The normalized spacial score (nSPS) is 11.2. The monoisotopic (exact) mass is 319 g/mol. The summed E-state index contributed by atoms with van der Waals surface area (Å²) >= 11 is 0. The van der Waals surface area contributed by atoms with Gasteiger partial charge in [0.1, 0.15) is 10.6 Å². The van der Waals surface area contributed by atoms with E-state index in [1.165, 1.54) is 0 Å². The highest BCUT2D eigenvalue weighted by molar-refractivity contribution is 7.92. The van der Waals surface area contributed by atoms with Crippen LogP contribution in [0.15, 0.2) is 47.4 Å². The van der Waals surface area contributed by atoms with E-state index in [0.29, 0.717) is 18.0 Å². The Morgan fingerprint density at radius 2 is 1.82 bits per heavy atom. The first-order valence-corrected chi connectivity index (χ1v) is 8.80. The van der Waals surface area contributed by atoms with Crippen LogP contribution in [0.5, 0.6) is 5.75 Å². The number of rotatable bonds is 6. The molecule has 0 radical (unpaired) electrons. The van der Waals surface area contributed by atoms with Crippen molar-refractivity contribution < 1.29 is 13.2 Å². The fourth-order valence-electron chi connectivity index (χ4n) is 2.23. The average Bonchev–Trinajstić information content (AvgIpc) is 2.49. The van der Waals surface area contributed by atoms with E-state index in [4.69, 9.17) is 4.74 Å². The molecular formula is C17H21NO3S. The number of aryl methyl sites for hydroxylation is 2. The molecule has 0 bridgehead atoms. The van der Waals surface area contributed by atoms with Crippen LogP contribution in [0.3, 0.4) is 0 Å². The first-order chi connectivity index (χ1) is 10.5. The molecule has 0 unspecified atom stereocenters. The van der Waals surface area contributed by atoms with Crippen molar-refractivity contribution in [3.63, 3.8) is 0 Å². The third-order valence-corrected chi connectivity index (χ3v) is 4.72. The minimum atomic E-state index is -3.70. The smallest absolute Gasteiger partial charge is 0.265 e. The van der Waals surface area contributed by atoms with Crippen LogP contribution >= 0.6 is 0 Å². The zero-order valence-electron chi connectivity index (χ0n) is 13.1. The lowest BCUT2D eigenvalue weighted by atomic mass is 10.1. The summed E-state index contributed by atoms with van der Waals surface area (Å²) in [4.78, 5) is 0.167. The Morgan fingerprint density at radius 1 is 1.09 bits per heavy atom. The minimum absolute atomic E-state index is 0.167. The first-order valence-electron chi connectivity index (χ1n) is 7.32. The van der Waals surface area contributed by atoms with Crippen LogP contribution in [-0.4, -0.2) is 15.0 Å². The van der Waals surface area contributed by atoms with E-state index in [9.17, 15) is 8.42 Å². The van der Waals surface area contributed by atoms with Crippen LogP contribution in [-0.2, 0) is 16.4 Å². The van der Waals surface area contributed by atoms with Gasteiger partial charge in [0.15, 0.2) is 0 Å². The molecule has 0 spiro atoms. The van der Waals surface area contributed by atoms with Crippen molar-refractivity contribution in [2.24, 2.45) is 0 Å². The zero-order chi connectivity index (χ0) is 16.2. The van der Waals surface area contributed by atoms with Gasteiger partial charge in [-0.3, -0.25) is 4.72 Å². The molecule has 2 aromatic rings. The molecule has 2 rings (SSSR count). The topological polar surface area (TPSA) is 55.4 Å². The molecule has 0 aliphatic carbocycles. The van der Waals surface area contributed by atoms with Crippen molar-refractivity contribution >= 4 is 15.7 Å². The molecule has 2 aromatic carbocycles. The minimum Gasteiger partial charge on any atom is -0.492 e. The van der Waals surface area contributed by atoms with Crippen LogP contribution in [0.2, 0.25) is 0 Å². The van der Waals surface area contributed by atoms with E-state index in [-0.39, 0.29) is 4.90 Å². The highest BCUT2D eigenvalue weighted by Crippen LogP contribution is 2.28. The number of hydrogen-bond donors (Lipinski definition) is 1. The summed E-state index contributed by atoms with van der Waals surface area (Å²) in [7, 11) is -3.70. The summed E-state index contributed by atoms with van der Waals surface area (Å²) in [5, 5.41) is 0. The lowest BCUT2D eigenvalue weighted by Gasteiger charge is -2.15. The van der Waals surface area contributed by atoms with E-state index < -0.39 is 10.0 Å². The predicted octanol–water partition coefficient (Wildman–Crippen LogP) is 3.76. The summed E-state index contributed by atoms with van der Waals surface area (Å²) in [6.07, 6.45) is 0.755. The van der Waals surface area contributed by atoms with E-state index in [1.807, 2.05) is 45.0 Å². The van der Waals surface area contributed by atoms with Crippen molar-refractivity contribution in [2.75, 3.05) is 11.3 Å². The predicted molar refractivity (Wildman–Crippen MR) is 89.0 cm³/mol. The van der Waals surface area contributed by atoms with Crippen molar-refractivity contribution in [1.29, 1.82) is 0 Å². The third kappa shape index (κ3) is 3.60. The molecule has 0 amide bonds. The number of hydrogen-bond acceptors (Lipinski definition) is 3. The molecule has 0 aliphatic rings. The lowest BCUT2D eigenvalue weighted by Crippen LogP contribution is -2.15. The van der Waals surface area contributed by atoms with E-state index in [2.05, 4.69) is 4.72 Å². The van der Waals surface area contributed by atoms with Gasteiger partial charge in [-0.25, -0.2) is 8.42 Å². The number of anilines is 1. The molecular weight excluding hydrogens is 298 g/mol. The fourth-order valence-corrected chi connectivity index (χ4v) is 3.56. The Labute approximate surface area is 132 Å². The maximum atomic E-state index is 12.7. The van der Waals surface area contributed by atoms with Gasteiger partial charge < -0.3 is 4.74 Å². The van der Waals surface area contributed by atoms with Crippen LogP contribution in [0.4, 0.5) is 5.69 Å². The van der Waals surface area contributed by atoms with Gasteiger partial charge in [0.05, 0.1) is 12.3 Å². The zero-order valence-corrected chi connectivity index (χ0v) is 13.9. The van der Waals surface area contributed by atoms with Crippen LogP contribution in [0.1, 0.15) is 25.0 Å². The molecule has 1 N–H and O–H groups in total. The van der Waals surface area contributed by atoms with E-state index in [0.717, 1.165) is 17.5 Å². The van der Waals surface area contributed by atoms with Gasteiger partial charge in [0.2, 0.25) is 0 Å². The summed E-state index contributed by atoms with van der Waals surface area (Å²) in [6.45, 7) is 6.09.